The van der Waals surface area contributed by atoms with E-state index in [0.717, 1.165) is 50.5 Å². The van der Waals surface area contributed by atoms with Gasteiger partial charge in [-0.05, 0) is 103 Å². The Hall–Kier alpha value is -1.47. The molecule has 10 atom stereocenters. The second-order valence-electron chi connectivity index (χ2n) is 16.0. The van der Waals surface area contributed by atoms with Gasteiger partial charge in [-0.25, -0.2) is 0 Å². The van der Waals surface area contributed by atoms with Crippen LogP contribution in [0, 0.1) is 60.9 Å². The van der Waals surface area contributed by atoms with Gasteiger partial charge >= 0.3 is 5.97 Å². The van der Waals surface area contributed by atoms with Gasteiger partial charge in [0.15, 0.2) is 0 Å². The summed E-state index contributed by atoms with van der Waals surface area (Å²) in [6, 6.07) is 0. The van der Waals surface area contributed by atoms with Crippen LogP contribution in [0.4, 0.5) is 0 Å². The molecule has 226 valence electrons. The maximum Gasteiger partial charge on any atom is 0.302 e. The monoisotopic (exact) mass is 559 g/mol. The zero-order chi connectivity index (χ0) is 29.6. The highest BCUT2D eigenvalue weighted by atomic mass is 16.6. The summed E-state index contributed by atoms with van der Waals surface area (Å²) in [5.41, 5.74) is 1.64. The molecule has 7 nitrogen and oxygen atoms in total. The second-order valence-corrected chi connectivity index (χ2v) is 16.0. The minimum absolute atomic E-state index is 0.0157. The summed E-state index contributed by atoms with van der Waals surface area (Å²) in [6.45, 7) is 17.4. The van der Waals surface area contributed by atoms with Crippen LogP contribution in [0.1, 0.15) is 113 Å². The Bertz CT molecular complexity index is 1100. The van der Waals surface area contributed by atoms with Gasteiger partial charge in [0, 0.05) is 22.7 Å². The average molecular weight is 560 g/mol. The minimum Gasteiger partial charge on any atom is -0.462 e. The number of ether oxygens (including phenoxy) is 1. The van der Waals surface area contributed by atoms with Gasteiger partial charge in [-0.15, -0.1) is 0 Å². The van der Waals surface area contributed by atoms with E-state index in [-0.39, 0.29) is 45.6 Å². The molecular formula is C33H53NO6. The Kier molecular flexibility index (Phi) is 7.14. The van der Waals surface area contributed by atoms with Crippen molar-refractivity contribution in [3.05, 3.63) is 21.3 Å². The summed E-state index contributed by atoms with van der Waals surface area (Å²) in [7, 11) is 0. The molecule has 0 bridgehead atoms. The van der Waals surface area contributed by atoms with Gasteiger partial charge in [0.25, 0.3) is 0 Å². The number of hydrogen-bond donors (Lipinski definition) is 2. The predicted molar refractivity (Wildman–Crippen MR) is 154 cm³/mol. The lowest BCUT2D eigenvalue weighted by atomic mass is 9.33. The van der Waals surface area contributed by atoms with Gasteiger partial charge in [-0.2, -0.15) is 0 Å². The first kappa shape index (κ1) is 30.0. The summed E-state index contributed by atoms with van der Waals surface area (Å²) in [6.07, 6.45) is 6.51. The number of aliphatic hydroxyl groups is 2. The van der Waals surface area contributed by atoms with Gasteiger partial charge in [0.2, 0.25) is 6.54 Å². The predicted octanol–water partition coefficient (Wildman–Crippen LogP) is 6.33. The highest BCUT2D eigenvalue weighted by Crippen LogP contribution is 2.77. The van der Waals surface area contributed by atoms with Crippen LogP contribution in [0.25, 0.3) is 0 Å². The van der Waals surface area contributed by atoms with E-state index in [1.807, 2.05) is 0 Å². The molecule has 5 aliphatic carbocycles. The molecule has 0 heterocycles. The molecule has 0 radical (unpaired) electrons. The number of nitro groups is 1. The van der Waals surface area contributed by atoms with E-state index >= 15 is 0 Å². The summed E-state index contributed by atoms with van der Waals surface area (Å²) >= 11 is 0. The molecule has 5 aliphatic rings. The largest absolute Gasteiger partial charge is 0.462 e. The standard InChI is InChI=1S/C33H53NO6/c1-19(2)27-22(36)17-33(25(37)18-34(38)39)16-15-31(7)21(28(27)33)9-10-24-30(6)13-12-26(40-20(3)35)29(4,5)23(30)11-14-32(24,31)8/h19,21-26,36-37H,9-18H2,1-8H3/t21?,22-,23-,24+,25?,26-,30?,31+,32+,33?/m0/s1. The molecule has 0 saturated heterocycles. The molecule has 40 heavy (non-hydrogen) atoms. The van der Waals surface area contributed by atoms with E-state index in [1.165, 1.54) is 12.5 Å². The zero-order valence-electron chi connectivity index (χ0n) is 26.1. The van der Waals surface area contributed by atoms with Crippen LogP contribution >= 0.6 is 0 Å². The number of esters is 1. The van der Waals surface area contributed by atoms with E-state index in [9.17, 15) is 25.1 Å². The highest BCUT2D eigenvalue weighted by Gasteiger charge is 2.70. The Morgan fingerprint density at radius 1 is 1.00 bits per heavy atom. The lowest BCUT2D eigenvalue weighted by molar-refractivity contribution is -0.494. The van der Waals surface area contributed by atoms with E-state index in [1.54, 1.807) is 0 Å². The number of carbonyl (C=O) groups is 1. The summed E-state index contributed by atoms with van der Waals surface area (Å²) in [4.78, 5) is 23.1. The van der Waals surface area contributed by atoms with Gasteiger partial charge < -0.3 is 14.9 Å². The molecule has 4 fully saturated rings. The summed E-state index contributed by atoms with van der Waals surface area (Å²) < 4.78 is 5.88. The van der Waals surface area contributed by atoms with Crippen molar-refractivity contribution >= 4 is 5.97 Å². The van der Waals surface area contributed by atoms with Crippen molar-refractivity contribution in [1.29, 1.82) is 0 Å². The SMILES string of the molecule is CC(=O)O[C@H]1CCC2(C)[C@H]3CCC4C5=C(C(C)C)[C@@H](O)CC5(C(O)C[N+](=O)[O-])CC[C@@]4(C)[C@]3(C)CC[C@H]2C1(C)C. The van der Waals surface area contributed by atoms with E-state index in [4.69, 9.17) is 4.74 Å². The fourth-order valence-corrected chi connectivity index (χ4v) is 12.0. The van der Waals surface area contributed by atoms with Crippen molar-refractivity contribution in [3.8, 4) is 0 Å². The van der Waals surface area contributed by atoms with Gasteiger partial charge in [0.1, 0.15) is 12.2 Å². The minimum atomic E-state index is -1.08. The molecule has 0 aromatic rings. The maximum atomic E-state index is 11.9. The summed E-state index contributed by atoms with van der Waals surface area (Å²) in [5, 5.41) is 34.3. The maximum absolute atomic E-state index is 11.9. The lowest BCUT2D eigenvalue weighted by Gasteiger charge is -2.72. The van der Waals surface area contributed by atoms with Crippen molar-refractivity contribution in [2.24, 2.45) is 50.7 Å². The van der Waals surface area contributed by atoms with Crippen molar-refractivity contribution in [2.75, 3.05) is 6.54 Å². The molecule has 0 amide bonds. The Labute approximate surface area is 240 Å². The molecule has 5 rings (SSSR count). The Morgan fingerprint density at radius 3 is 2.27 bits per heavy atom. The molecule has 2 N–H and O–H groups in total. The van der Waals surface area contributed by atoms with Crippen molar-refractivity contribution in [2.45, 2.75) is 131 Å². The molecule has 0 aromatic heterocycles. The van der Waals surface area contributed by atoms with Crippen molar-refractivity contribution in [3.63, 3.8) is 0 Å². The number of nitrogens with zero attached hydrogens (tertiary/aromatic N) is 1. The quantitative estimate of drug-likeness (QED) is 0.176. The van der Waals surface area contributed by atoms with E-state index in [0.29, 0.717) is 24.7 Å². The van der Waals surface area contributed by atoms with Crippen LogP contribution in [0.2, 0.25) is 0 Å². The normalized spacial score (nSPS) is 46.6. The van der Waals surface area contributed by atoms with Crippen LogP contribution in [0.5, 0.6) is 0 Å². The van der Waals surface area contributed by atoms with Crippen LogP contribution in [0.15, 0.2) is 11.1 Å². The van der Waals surface area contributed by atoms with Gasteiger partial charge in [-0.1, -0.05) is 54.0 Å². The molecular weight excluding hydrogens is 506 g/mol. The number of carbonyl (C=O) groups excluding carboxylic acids is 1. The molecule has 0 aromatic carbocycles. The molecule has 4 saturated carbocycles. The summed E-state index contributed by atoms with van der Waals surface area (Å²) in [5.74, 6) is 1.16. The Morgan fingerprint density at radius 2 is 1.68 bits per heavy atom. The number of aliphatic hydroxyl groups excluding tert-OH is 2. The number of rotatable bonds is 5. The first-order valence-electron chi connectivity index (χ1n) is 15.9. The van der Waals surface area contributed by atoms with Crippen LogP contribution in [-0.2, 0) is 9.53 Å². The zero-order valence-corrected chi connectivity index (χ0v) is 26.1. The number of hydrogen-bond acceptors (Lipinski definition) is 6. The van der Waals surface area contributed by atoms with E-state index < -0.39 is 29.1 Å². The smallest absolute Gasteiger partial charge is 0.302 e. The second kappa shape index (κ2) is 9.52. The average Bonchev–Trinajstić information content (AvgIpc) is 3.14. The fraction of sp³-hybridized carbons (Fsp3) is 0.909. The van der Waals surface area contributed by atoms with E-state index in [2.05, 4.69) is 48.5 Å². The van der Waals surface area contributed by atoms with Gasteiger partial charge in [-0.3, -0.25) is 14.9 Å². The van der Waals surface area contributed by atoms with Crippen molar-refractivity contribution < 1.29 is 24.7 Å². The molecule has 0 aliphatic heterocycles. The third kappa shape index (κ3) is 3.92. The first-order chi connectivity index (χ1) is 18.5. The molecule has 7 heteroatoms. The van der Waals surface area contributed by atoms with Crippen LogP contribution < -0.4 is 0 Å². The molecule has 4 unspecified atom stereocenters. The third-order valence-corrected chi connectivity index (χ3v) is 13.9. The highest BCUT2D eigenvalue weighted by molar-refractivity contribution is 5.66. The van der Waals surface area contributed by atoms with Gasteiger partial charge in [0.05, 0.1) is 6.10 Å². The Balaban J connectivity index is 1.56. The number of fused-ring (bicyclic) bond motifs is 7. The fourth-order valence-electron chi connectivity index (χ4n) is 12.0. The third-order valence-electron chi connectivity index (χ3n) is 13.9. The van der Waals surface area contributed by atoms with Crippen molar-refractivity contribution in [1.82, 2.24) is 0 Å². The first-order valence-corrected chi connectivity index (χ1v) is 15.9. The van der Waals surface area contributed by atoms with Crippen LogP contribution in [-0.4, -0.2) is 46.0 Å². The molecule has 0 spiro atoms. The lowest BCUT2D eigenvalue weighted by Crippen LogP contribution is -2.66. The van der Waals surface area contributed by atoms with Crippen LogP contribution in [0.3, 0.4) is 0 Å². The topological polar surface area (TPSA) is 110 Å².